The summed E-state index contributed by atoms with van der Waals surface area (Å²) in [6.07, 6.45) is -4.42. The molecule has 1 heterocycles. The Morgan fingerprint density at radius 1 is 1.14 bits per heavy atom. The van der Waals surface area contributed by atoms with E-state index in [2.05, 4.69) is 36.6 Å². The molecule has 1 atom stereocenters. The van der Waals surface area contributed by atoms with Gasteiger partial charge in [0.25, 0.3) is 10.0 Å². The fourth-order valence-corrected chi connectivity index (χ4v) is 4.80. The summed E-state index contributed by atoms with van der Waals surface area (Å²) in [4.78, 5) is 1.92. The second kappa shape index (κ2) is 8.44. The number of anilines is 1. The van der Waals surface area contributed by atoms with Crippen molar-refractivity contribution in [1.29, 1.82) is 0 Å². The summed E-state index contributed by atoms with van der Waals surface area (Å²) in [5.41, 5.74) is -0.959. The number of hydrogen-bond donors (Lipinski definition) is 1. The van der Waals surface area contributed by atoms with Gasteiger partial charge >= 0.3 is 6.18 Å². The molecular weight excluding hydrogens is 541 g/mol. The smallest absolute Gasteiger partial charge is 0.419 e. The van der Waals surface area contributed by atoms with Crippen molar-refractivity contribution >= 4 is 47.6 Å². The largest absolute Gasteiger partial charge is 0.488 e. The Morgan fingerprint density at radius 3 is 2.45 bits per heavy atom. The molecule has 2 aromatic carbocycles. The number of nitrogens with zero attached hydrogens (tertiary/aromatic N) is 1. The number of ether oxygens (including phenoxy) is 1. The van der Waals surface area contributed by atoms with Crippen molar-refractivity contribution in [2.75, 3.05) is 24.9 Å². The Kier molecular flexibility index (Phi) is 6.52. The van der Waals surface area contributed by atoms with E-state index in [1.54, 1.807) is 6.07 Å². The van der Waals surface area contributed by atoms with Crippen molar-refractivity contribution in [1.82, 2.24) is 4.90 Å². The standard InChI is InChI=1S/C18H17Br2F3N2O3S/c1-25-7-6-12(10-25)28-17-8-11(2-4-14(17)18(21,22)23)24-29(26,27)13-3-5-15(19)16(20)9-13/h2-5,8-9,12,24H,6-7,10H2,1H3/t12-/m1/s1. The maximum absolute atomic E-state index is 13.4. The fourth-order valence-electron chi connectivity index (χ4n) is 2.95. The zero-order valence-electron chi connectivity index (χ0n) is 15.1. The van der Waals surface area contributed by atoms with Crippen LogP contribution >= 0.6 is 31.9 Å². The van der Waals surface area contributed by atoms with Gasteiger partial charge in [-0.25, -0.2) is 8.42 Å². The van der Waals surface area contributed by atoms with Crippen molar-refractivity contribution in [2.45, 2.75) is 23.6 Å². The predicted octanol–water partition coefficient (Wildman–Crippen LogP) is 5.11. The summed E-state index contributed by atoms with van der Waals surface area (Å²) in [7, 11) is -2.14. The van der Waals surface area contributed by atoms with Gasteiger partial charge in [0.2, 0.25) is 0 Å². The SMILES string of the molecule is CN1CC[C@@H](Oc2cc(NS(=O)(=O)c3ccc(Br)c(Br)c3)ccc2C(F)(F)F)C1. The normalized spacial score (nSPS) is 18.1. The quantitative estimate of drug-likeness (QED) is 0.555. The minimum atomic E-state index is -4.62. The molecule has 0 aliphatic carbocycles. The Balaban J connectivity index is 1.91. The molecule has 3 rings (SSSR count). The van der Waals surface area contributed by atoms with E-state index >= 15 is 0 Å². The zero-order valence-corrected chi connectivity index (χ0v) is 19.1. The summed E-state index contributed by atoms with van der Waals surface area (Å²) < 4.78 is 74.5. The van der Waals surface area contributed by atoms with Crippen LogP contribution in [0.15, 0.2) is 50.2 Å². The highest BCUT2D eigenvalue weighted by molar-refractivity contribution is 9.13. The van der Waals surface area contributed by atoms with Crippen LogP contribution in [-0.4, -0.2) is 39.6 Å². The number of likely N-dealkylation sites (tertiary alicyclic amines) is 1. The van der Waals surface area contributed by atoms with E-state index in [0.29, 0.717) is 21.9 Å². The van der Waals surface area contributed by atoms with Crippen LogP contribution in [0.1, 0.15) is 12.0 Å². The lowest BCUT2D eigenvalue weighted by molar-refractivity contribution is -0.139. The summed E-state index contributed by atoms with van der Waals surface area (Å²) in [6, 6.07) is 7.30. The Labute approximate surface area is 183 Å². The summed E-state index contributed by atoms with van der Waals surface area (Å²) in [6.45, 7) is 1.22. The average Bonchev–Trinajstić information content (AvgIpc) is 3.01. The van der Waals surface area contributed by atoms with Crippen LogP contribution in [0.25, 0.3) is 0 Å². The summed E-state index contributed by atoms with van der Waals surface area (Å²) >= 11 is 6.49. The van der Waals surface area contributed by atoms with E-state index in [0.717, 1.165) is 24.7 Å². The minimum absolute atomic E-state index is 0.0154. The third-order valence-corrected chi connectivity index (χ3v) is 7.64. The van der Waals surface area contributed by atoms with E-state index in [9.17, 15) is 21.6 Å². The lowest BCUT2D eigenvalue weighted by Crippen LogP contribution is -2.23. The lowest BCUT2D eigenvalue weighted by Gasteiger charge is -2.19. The number of sulfonamides is 1. The molecule has 0 spiro atoms. The van der Waals surface area contributed by atoms with Gasteiger partial charge < -0.3 is 9.64 Å². The summed E-state index contributed by atoms with van der Waals surface area (Å²) in [5.74, 6) is -0.394. The highest BCUT2D eigenvalue weighted by atomic mass is 79.9. The predicted molar refractivity (Wildman–Crippen MR) is 111 cm³/mol. The number of rotatable bonds is 5. The number of benzene rings is 2. The number of alkyl halides is 3. The van der Waals surface area contributed by atoms with Crippen LogP contribution < -0.4 is 9.46 Å². The van der Waals surface area contributed by atoms with E-state index in [1.165, 1.54) is 12.1 Å². The molecule has 0 amide bonds. The maximum Gasteiger partial charge on any atom is 0.419 e. The van der Waals surface area contributed by atoms with Gasteiger partial charge in [-0.15, -0.1) is 0 Å². The highest BCUT2D eigenvalue weighted by Crippen LogP contribution is 2.39. The van der Waals surface area contributed by atoms with Gasteiger partial charge in [-0.2, -0.15) is 13.2 Å². The number of hydrogen-bond acceptors (Lipinski definition) is 4. The molecule has 5 nitrogen and oxygen atoms in total. The molecule has 29 heavy (non-hydrogen) atoms. The van der Waals surface area contributed by atoms with Crippen LogP contribution in [0, 0.1) is 0 Å². The zero-order chi connectivity index (χ0) is 21.4. The Hall–Kier alpha value is -1.30. The maximum atomic E-state index is 13.4. The van der Waals surface area contributed by atoms with Crippen molar-refractivity contribution in [3.05, 3.63) is 50.9 Å². The van der Waals surface area contributed by atoms with E-state index in [-0.39, 0.29) is 10.6 Å². The molecule has 1 saturated heterocycles. The van der Waals surface area contributed by atoms with Gasteiger partial charge in [-0.3, -0.25) is 4.72 Å². The van der Waals surface area contributed by atoms with Crippen molar-refractivity contribution < 1.29 is 26.3 Å². The molecule has 1 aliphatic heterocycles. The first-order valence-electron chi connectivity index (χ1n) is 8.50. The molecule has 1 N–H and O–H groups in total. The molecule has 0 aromatic heterocycles. The topological polar surface area (TPSA) is 58.6 Å². The van der Waals surface area contributed by atoms with E-state index < -0.39 is 33.6 Å². The van der Waals surface area contributed by atoms with Crippen LogP contribution in [0.2, 0.25) is 0 Å². The first-order chi connectivity index (χ1) is 13.5. The Morgan fingerprint density at radius 2 is 1.86 bits per heavy atom. The van der Waals surface area contributed by atoms with Crippen LogP contribution in [0.5, 0.6) is 5.75 Å². The number of likely N-dealkylation sites (N-methyl/N-ethyl adjacent to an activating group) is 1. The number of halogens is 5. The molecule has 2 aromatic rings. The monoisotopic (exact) mass is 556 g/mol. The van der Waals surface area contributed by atoms with Crippen molar-refractivity contribution in [3.8, 4) is 5.75 Å². The van der Waals surface area contributed by atoms with Crippen molar-refractivity contribution in [3.63, 3.8) is 0 Å². The lowest BCUT2D eigenvalue weighted by atomic mass is 10.1. The molecule has 1 aliphatic rings. The van der Waals surface area contributed by atoms with Gasteiger partial charge in [-0.05, 0) is 75.7 Å². The van der Waals surface area contributed by atoms with Gasteiger partial charge in [0, 0.05) is 28.1 Å². The average molecular weight is 558 g/mol. The molecule has 0 bridgehead atoms. The Bertz CT molecular complexity index is 1020. The first kappa shape index (κ1) is 22.4. The fraction of sp³-hybridized carbons (Fsp3) is 0.333. The molecular formula is C18H17Br2F3N2O3S. The van der Waals surface area contributed by atoms with Gasteiger partial charge in [0.05, 0.1) is 16.1 Å². The molecule has 0 unspecified atom stereocenters. The third kappa shape index (κ3) is 5.44. The highest BCUT2D eigenvalue weighted by Gasteiger charge is 2.36. The van der Waals surface area contributed by atoms with Crippen LogP contribution in [0.3, 0.4) is 0 Å². The van der Waals surface area contributed by atoms with Crippen LogP contribution in [-0.2, 0) is 16.2 Å². The molecule has 158 valence electrons. The van der Waals surface area contributed by atoms with E-state index in [4.69, 9.17) is 4.74 Å². The second-order valence-corrected chi connectivity index (χ2v) is 10.1. The molecule has 0 radical (unpaired) electrons. The third-order valence-electron chi connectivity index (χ3n) is 4.38. The first-order valence-corrected chi connectivity index (χ1v) is 11.6. The van der Waals surface area contributed by atoms with Crippen LogP contribution in [0.4, 0.5) is 18.9 Å². The van der Waals surface area contributed by atoms with Gasteiger partial charge in [0.1, 0.15) is 11.9 Å². The molecule has 1 fully saturated rings. The van der Waals surface area contributed by atoms with Crippen molar-refractivity contribution in [2.24, 2.45) is 0 Å². The van der Waals surface area contributed by atoms with E-state index in [1.807, 2.05) is 11.9 Å². The molecule has 11 heteroatoms. The van der Waals surface area contributed by atoms with Gasteiger partial charge in [-0.1, -0.05) is 0 Å². The minimum Gasteiger partial charge on any atom is -0.488 e. The summed E-state index contributed by atoms with van der Waals surface area (Å²) in [5, 5.41) is 0. The number of nitrogens with one attached hydrogen (secondary N) is 1. The second-order valence-electron chi connectivity index (χ2n) is 6.68. The van der Waals surface area contributed by atoms with Gasteiger partial charge in [0.15, 0.2) is 0 Å². The molecule has 0 saturated carbocycles.